The zero-order valence-corrected chi connectivity index (χ0v) is 15.1. The average molecular weight is 346 g/mol. The summed E-state index contributed by atoms with van der Waals surface area (Å²) in [7, 11) is 0. The number of fused-ring (bicyclic) bond motifs is 3. The fourth-order valence-electron chi connectivity index (χ4n) is 4.18. The number of benzene rings is 1. The maximum atomic E-state index is 12.5. The molecule has 2 unspecified atom stereocenters. The van der Waals surface area contributed by atoms with Crippen molar-refractivity contribution < 1.29 is 4.79 Å². The minimum Gasteiger partial charge on any atom is -0.348 e. The SMILES string of the molecule is CC1CNC(Sc2ccc(C(=O)N[C@H]3CN4CCC3CC4)cc2)C1. The van der Waals surface area contributed by atoms with Crippen LogP contribution in [0.3, 0.4) is 0 Å². The average Bonchev–Trinajstić information content (AvgIpc) is 3.01. The molecule has 5 rings (SSSR count). The molecule has 4 heterocycles. The van der Waals surface area contributed by atoms with E-state index in [1.807, 2.05) is 23.9 Å². The second-order valence-corrected chi connectivity index (χ2v) is 8.87. The van der Waals surface area contributed by atoms with Gasteiger partial charge in [-0.05, 0) is 75.0 Å². The number of nitrogens with zero attached hydrogens (tertiary/aromatic N) is 1. The highest BCUT2D eigenvalue weighted by Gasteiger charge is 2.34. The first-order chi connectivity index (χ1) is 11.7. The van der Waals surface area contributed by atoms with Gasteiger partial charge in [-0.1, -0.05) is 6.92 Å². The van der Waals surface area contributed by atoms with E-state index >= 15 is 0 Å². The molecular weight excluding hydrogens is 318 g/mol. The Kier molecular flexibility index (Phi) is 4.83. The van der Waals surface area contributed by atoms with Crippen LogP contribution >= 0.6 is 11.8 Å². The van der Waals surface area contributed by atoms with Crippen LogP contribution in [0.25, 0.3) is 0 Å². The molecule has 1 amide bonds. The van der Waals surface area contributed by atoms with Crippen LogP contribution in [0.1, 0.15) is 36.5 Å². The zero-order chi connectivity index (χ0) is 16.5. The van der Waals surface area contributed by atoms with Gasteiger partial charge in [0.1, 0.15) is 0 Å². The second kappa shape index (κ2) is 7.06. The highest BCUT2D eigenvalue weighted by Crippen LogP contribution is 2.30. The quantitative estimate of drug-likeness (QED) is 0.880. The van der Waals surface area contributed by atoms with Gasteiger partial charge < -0.3 is 15.5 Å². The first-order valence-electron chi connectivity index (χ1n) is 9.21. The van der Waals surface area contributed by atoms with Crippen LogP contribution in [0.4, 0.5) is 0 Å². The molecule has 3 atom stereocenters. The lowest BCUT2D eigenvalue weighted by atomic mass is 9.84. The molecule has 2 N–H and O–H groups in total. The summed E-state index contributed by atoms with van der Waals surface area (Å²) >= 11 is 1.87. The minimum atomic E-state index is 0.0814. The maximum absolute atomic E-state index is 12.5. The van der Waals surface area contributed by atoms with Crippen LogP contribution in [0.15, 0.2) is 29.2 Å². The molecule has 130 valence electrons. The number of carbonyl (C=O) groups excluding carboxylic acids is 1. The molecule has 4 aliphatic rings. The van der Waals surface area contributed by atoms with E-state index in [-0.39, 0.29) is 5.91 Å². The Balaban J connectivity index is 1.33. The molecule has 5 heteroatoms. The fourth-order valence-corrected chi connectivity index (χ4v) is 5.41. The lowest BCUT2D eigenvalue weighted by Gasteiger charge is -2.44. The van der Waals surface area contributed by atoms with Gasteiger partial charge >= 0.3 is 0 Å². The van der Waals surface area contributed by atoms with E-state index in [1.54, 1.807) is 0 Å². The second-order valence-electron chi connectivity index (χ2n) is 7.60. The molecular formula is C19H27N3OS. The molecule has 4 nitrogen and oxygen atoms in total. The summed E-state index contributed by atoms with van der Waals surface area (Å²) in [4.78, 5) is 16.2. The monoisotopic (exact) mass is 345 g/mol. The molecule has 0 spiro atoms. The Morgan fingerprint density at radius 2 is 2.00 bits per heavy atom. The van der Waals surface area contributed by atoms with Gasteiger partial charge in [-0.3, -0.25) is 4.79 Å². The maximum Gasteiger partial charge on any atom is 0.251 e. The summed E-state index contributed by atoms with van der Waals surface area (Å²) < 4.78 is 0. The van der Waals surface area contributed by atoms with Gasteiger partial charge in [0.2, 0.25) is 0 Å². The van der Waals surface area contributed by atoms with Crippen LogP contribution in [0.2, 0.25) is 0 Å². The van der Waals surface area contributed by atoms with Crippen molar-refractivity contribution in [2.24, 2.45) is 11.8 Å². The molecule has 1 aromatic carbocycles. The Morgan fingerprint density at radius 1 is 1.25 bits per heavy atom. The van der Waals surface area contributed by atoms with Crippen molar-refractivity contribution in [3.8, 4) is 0 Å². The molecule has 24 heavy (non-hydrogen) atoms. The summed E-state index contributed by atoms with van der Waals surface area (Å²) in [5.74, 6) is 1.51. The topological polar surface area (TPSA) is 44.4 Å². The van der Waals surface area contributed by atoms with Crippen LogP contribution in [0, 0.1) is 11.8 Å². The third-order valence-electron chi connectivity index (χ3n) is 5.68. The number of hydrogen-bond donors (Lipinski definition) is 2. The van der Waals surface area contributed by atoms with Crippen LogP contribution in [-0.2, 0) is 0 Å². The van der Waals surface area contributed by atoms with E-state index < -0.39 is 0 Å². The molecule has 0 saturated carbocycles. The van der Waals surface area contributed by atoms with Crippen molar-refractivity contribution in [2.75, 3.05) is 26.2 Å². The van der Waals surface area contributed by atoms with Gasteiger partial charge in [0, 0.05) is 23.0 Å². The normalized spacial score (nSPS) is 35.1. The van der Waals surface area contributed by atoms with Crippen molar-refractivity contribution in [3.63, 3.8) is 0 Å². The molecule has 0 aliphatic carbocycles. The summed E-state index contributed by atoms with van der Waals surface area (Å²) in [5, 5.41) is 7.31. The van der Waals surface area contributed by atoms with Crippen molar-refractivity contribution >= 4 is 17.7 Å². The van der Waals surface area contributed by atoms with Crippen LogP contribution in [0.5, 0.6) is 0 Å². The minimum absolute atomic E-state index is 0.0814. The number of rotatable bonds is 4. The van der Waals surface area contributed by atoms with Crippen molar-refractivity contribution in [3.05, 3.63) is 29.8 Å². The number of hydrogen-bond acceptors (Lipinski definition) is 4. The molecule has 1 aromatic rings. The molecule has 4 saturated heterocycles. The zero-order valence-electron chi connectivity index (χ0n) is 14.3. The number of nitrogens with one attached hydrogen (secondary N) is 2. The van der Waals surface area contributed by atoms with E-state index in [4.69, 9.17) is 0 Å². The number of thioether (sulfide) groups is 1. The summed E-state index contributed by atoms with van der Waals surface area (Å²) in [6.45, 7) is 6.83. The van der Waals surface area contributed by atoms with E-state index in [0.717, 1.165) is 24.6 Å². The standard InChI is InChI=1S/C19H27N3OS/c1-13-10-18(20-11-13)24-16-4-2-15(3-5-16)19(23)21-17-12-22-8-6-14(17)7-9-22/h2-5,13-14,17-18,20H,6-12H2,1H3,(H,21,23)/t13?,17-,18?/m0/s1. The Morgan fingerprint density at radius 3 is 2.58 bits per heavy atom. The van der Waals surface area contributed by atoms with Crippen molar-refractivity contribution in [2.45, 2.75) is 42.5 Å². The Labute approximate surface area is 148 Å². The summed E-state index contributed by atoms with van der Waals surface area (Å²) in [6.07, 6.45) is 3.67. The van der Waals surface area contributed by atoms with Crippen molar-refractivity contribution in [1.29, 1.82) is 0 Å². The molecule has 0 radical (unpaired) electrons. The fraction of sp³-hybridized carbons (Fsp3) is 0.632. The van der Waals surface area contributed by atoms with Crippen LogP contribution in [-0.4, -0.2) is 48.4 Å². The third-order valence-corrected chi connectivity index (χ3v) is 6.87. The van der Waals surface area contributed by atoms with Gasteiger partial charge in [0.15, 0.2) is 0 Å². The number of carbonyl (C=O) groups is 1. The summed E-state index contributed by atoms with van der Waals surface area (Å²) in [5.41, 5.74) is 0.781. The first-order valence-corrected chi connectivity index (χ1v) is 10.1. The van der Waals surface area contributed by atoms with Gasteiger partial charge in [-0.2, -0.15) is 0 Å². The third kappa shape index (κ3) is 3.63. The van der Waals surface area contributed by atoms with Gasteiger partial charge in [-0.15, -0.1) is 11.8 Å². The van der Waals surface area contributed by atoms with Gasteiger partial charge in [0.25, 0.3) is 5.91 Å². The van der Waals surface area contributed by atoms with E-state index in [0.29, 0.717) is 17.3 Å². The van der Waals surface area contributed by atoms with Crippen LogP contribution < -0.4 is 10.6 Å². The Hall–Kier alpha value is -1.04. The van der Waals surface area contributed by atoms with Crippen molar-refractivity contribution in [1.82, 2.24) is 15.5 Å². The Bertz CT molecular complexity index is 583. The highest BCUT2D eigenvalue weighted by atomic mass is 32.2. The molecule has 2 bridgehead atoms. The van der Waals surface area contributed by atoms with E-state index in [9.17, 15) is 4.79 Å². The summed E-state index contributed by atoms with van der Waals surface area (Å²) in [6, 6.07) is 8.44. The predicted octanol–water partition coefficient (Wildman–Crippen LogP) is 2.56. The number of amides is 1. The van der Waals surface area contributed by atoms with E-state index in [1.165, 1.54) is 37.2 Å². The molecule has 4 fully saturated rings. The molecule has 0 aromatic heterocycles. The van der Waals surface area contributed by atoms with E-state index in [2.05, 4.69) is 34.6 Å². The predicted molar refractivity (Wildman–Crippen MR) is 98.3 cm³/mol. The largest absolute Gasteiger partial charge is 0.348 e. The molecule has 4 aliphatic heterocycles. The number of piperidine rings is 3. The van der Waals surface area contributed by atoms with Gasteiger partial charge in [0.05, 0.1) is 5.37 Å². The lowest BCUT2D eigenvalue weighted by Crippen LogP contribution is -2.57. The van der Waals surface area contributed by atoms with Gasteiger partial charge in [-0.25, -0.2) is 0 Å². The first kappa shape index (κ1) is 16.4. The highest BCUT2D eigenvalue weighted by molar-refractivity contribution is 7.99. The lowest BCUT2D eigenvalue weighted by molar-refractivity contribution is 0.0620. The smallest absolute Gasteiger partial charge is 0.251 e.